The zero-order chi connectivity index (χ0) is 14.8. The molecule has 2 heterocycles. The highest BCUT2D eigenvalue weighted by Gasteiger charge is 2.30. The van der Waals surface area contributed by atoms with E-state index in [4.69, 9.17) is 9.97 Å². The van der Waals surface area contributed by atoms with Crippen LogP contribution in [0.3, 0.4) is 0 Å². The second-order valence-corrected chi connectivity index (χ2v) is 6.72. The van der Waals surface area contributed by atoms with Gasteiger partial charge in [-0.05, 0) is 38.7 Å². The van der Waals surface area contributed by atoms with Crippen LogP contribution in [0.5, 0.6) is 0 Å². The predicted octanol–water partition coefficient (Wildman–Crippen LogP) is 4.06. The molecule has 21 heavy (non-hydrogen) atoms. The molecule has 4 nitrogen and oxygen atoms in total. The number of aromatic nitrogens is 2. The van der Waals surface area contributed by atoms with E-state index in [1.807, 2.05) is 0 Å². The molecule has 1 aliphatic rings. The molecular weight excluding hydrogens is 280 g/mol. The number of anilines is 2. The van der Waals surface area contributed by atoms with Crippen LogP contribution < -0.4 is 10.2 Å². The van der Waals surface area contributed by atoms with Gasteiger partial charge < -0.3 is 10.2 Å². The highest BCUT2D eigenvalue weighted by atomic mass is 32.1. The Bertz CT molecular complexity index is 618. The Kier molecular flexibility index (Phi) is 4.29. The second kappa shape index (κ2) is 6.18. The zero-order valence-electron chi connectivity index (χ0n) is 13.1. The van der Waals surface area contributed by atoms with Crippen molar-refractivity contribution in [3.8, 4) is 0 Å². The fourth-order valence-corrected chi connectivity index (χ4v) is 3.59. The summed E-state index contributed by atoms with van der Waals surface area (Å²) in [5, 5.41) is 4.58. The normalized spacial score (nSPS) is 14.6. The van der Waals surface area contributed by atoms with Gasteiger partial charge in [0.05, 0.1) is 5.39 Å². The SMILES string of the molecule is CCCNc1nc(N(CC)C2CC2)c2cc(CC)sc2n1. The number of fused-ring (bicyclic) bond motifs is 1. The summed E-state index contributed by atoms with van der Waals surface area (Å²) >= 11 is 1.80. The topological polar surface area (TPSA) is 41.1 Å². The largest absolute Gasteiger partial charge is 0.354 e. The average molecular weight is 304 g/mol. The van der Waals surface area contributed by atoms with Crippen molar-refractivity contribution in [3.05, 3.63) is 10.9 Å². The van der Waals surface area contributed by atoms with Crippen LogP contribution in [0.15, 0.2) is 6.07 Å². The second-order valence-electron chi connectivity index (χ2n) is 5.60. The van der Waals surface area contributed by atoms with Gasteiger partial charge in [0, 0.05) is 24.0 Å². The van der Waals surface area contributed by atoms with Crippen molar-refractivity contribution < 1.29 is 0 Å². The van der Waals surface area contributed by atoms with Crippen LogP contribution in [-0.4, -0.2) is 29.1 Å². The average Bonchev–Trinajstić information content (AvgIpc) is 3.24. The highest BCUT2D eigenvalue weighted by Crippen LogP contribution is 2.37. The summed E-state index contributed by atoms with van der Waals surface area (Å²) < 4.78 is 0. The molecule has 0 aromatic carbocycles. The molecule has 1 saturated carbocycles. The van der Waals surface area contributed by atoms with E-state index in [0.29, 0.717) is 6.04 Å². The van der Waals surface area contributed by atoms with Crippen molar-refractivity contribution in [2.75, 3.05) is 23.3 Å². The smallest absolute Gasteiger partial charge is 0.226 e. The fourth-order valence-electron chi connectivity index (χ4n) is 2.63. The van der Waals surface area contributed by atoms with Gasteiger partial charge in [-0.2, -0.15) is 4.98 Å². The summed E-state index contributed by atoms with van der Waals surface area (Å²) in [6, 6.07) is 2.96. The lowest BCUT2D eigenvalue weighted by Gasteiger charge is -2.22. The summed E-state index contributed by atoms with van der Waals surface area (Å²) in [6.07, 6.45) is 4.74. The van der Waals surface area contributed by atoms with Gasteiger partial charge in [0.25, 0.3) is 0 Å². The zero-order valence-corrected chi connectivity index (χ0v) is 14.0. The van der Waals surface area contributed by atoms with Crippen molar-refractivity contribution in [2.45, 2.75) is 52.5 Å². The Morgan fingerprint density at radius 1 is 1.29 bits per heavy atom. The van der Waals surface area contributed by atoms with E-state index in [0.717, 1.165) is 42.5 Å². The Morgan fingerprint density at radius 2 is 2.10 bits per heavy atom. The Labute approximate surface area is 130 Å². The maximum absolute atomic E-state index is 4.83. The molecule has 114 valence electrons. The molecule has 5 heteroatoms. The van der Waals surface area contributed by atoms with E-state index in [-0.39, 0.29) is 0 Å². The molecule has 0 atom stereocenters. The van der Waals surface area contributed by atoms with Gasteiger partial charge in [-0.15, -0.1) is 11.3 Å². The first-order chi connectivity index (χ1) is 10.3. The lowest BCUT2D eigenvalue weighted by atomic mass is 10.3. The van der Waals surface area contributed by atoms with Gasteiger partial charge in [-0.1, -0.05) is 13.8 Å². The third-order valence-electron chi connectivity index (χ3n) is 3.91. The number of thiophene rings is 1. The molecule has 0 aliphatic heterocycles. The third-order valence-corrected chi connectivity index (χ3v) is 5.08. The monoisotopic (exact) mass is 304 g/mol. The molecule has 1 aliphatic carbocycles. The van der Waals surface area contributed by atoms with Gasteiger partial charge >= 0.3 is 0 Å². The van der Waals surface area contributed by atoms with E-state index in [9.17, 15) is 0 Å². The molecule has 1 N–H and O–H groups in total. The van der Waals surface area contributed by atoms with E-state index in [1.165, 1.54) is 23.1 Å². The molecular formula is C16H24N4S. The van der Waals surface area contributed by atoms with Crippen LogP contribution in [0.1, 0.15) is 44.9 Å². The molecule has 3 rings (SSSR count). The van der Waals surface area contributed by atoms with Crippen LogP contribution in [0.2, 0.25) is 0 Å². The molecule has 2 aromatic rings. The molecule has 0 bridgehead atoms. The van der Waals surface area contributed by atoms with Gasteiger partial charge in [0.2, 0.25) is 5.95 Å². The standard InChI is InChI=1S/C16H24N4S/c1-4-9-17-16-18-14(20(6-3)11-7-8-11)13-10-12(5-2)21-15(13)19-16/h10-11H,4-9H2,1-3H3,(H,17,18,19). The summed E-state index contributed by atoms with van der Waals surface area (Å²) in [5.41, 5.74) is 0. The van der Waals surface area contributed by atoms with Crippen molar-refractivity contribution >= 4 is 33.3 Å². The number of nitrogens with zero attached hydrogens (tertiary/aromatic N) is 3. The molecule has 0 amide bonds. The lowest BCUT2D eigenvalue weighted by molar-refractivity contribution is 0.811. The van der Waals surface area contributed by atoms with Crippen LogP contribution >= 0.6 is 11.3 Å². The van der Waals surface area contributed by atoms with Crippen LogP contribution in [0, 0.1) is 0 Å². The van der Waals surface area contributed by atoms with Crippen molar-refractivity contribution in [1.29, 1.82) is 0 Å². The minimum Gasteiger partial charge on any atom is -0.354 e. The Balaban J connectivity index is 2.06. The van der Waals surface area contributed by atoms with Crippen LogP contribution in [0.4, 0.5) is 11.8 Å². The van der Waals surface area contributed by atoms with Gasteiger partial charge in [-0.3, -0.25) is 0 Å². The first-order valence-electron chi connectivity index (χ1n) is 8.07. The molecule has 0 unspecified atom stereocenters. The minimum atomic E-state index is 0.678. The van der Waals surface area contributed by atoms with Gasteiger partial charge in [-0.25, -0.2) is 4.98 Å². The third kappa shape index (κ3) is 2.98. The Morgan fingerprint density at radius 3 is 2.71 bits per heavy atom. The predicted molar refractivity (Wildman–Crippen MR) is 91.6 cm³/mol. The van der Waals surface area contributed by atoms with E-state index in [2.05, 4.69) is 37.1 Å². The summed E-state index contributed by atoms with van der Waals surface area (Å²) in [6.45, 7) is 8.52. The van der Waals surface area contributed by atoms with E-state index < -0.39 is 0 Å². The summed E-state index contributed by atoms with van der Waals surface area (Å²) in [5.74, 6) is 1.91. The lowest BCUT2D eigenvalue weighted by Crippen LogP contribution is -2.26. The quantitative estimate of drug-likeness (QED) is 0.837. The van der Waals surface area contributed by atoms with Crippen molar-refractivity contribution in [2.24, 2.45) is 0 Å². The molecule has 2 aromatic heterocycles. The number of aryl methyl sites for hydroxylation is 1. The van der Waals surface area contributed by atoms with Gasteiger partial charge in [0.1, 0.15) is 10.6 Å². The minimum absolute atomic E-state index is 0.678. The fraction of sp³-hybridized carbons (Fsp3) is 0.625. The highest BCUT2D eigenvalue weighted by molar-refractivity contribution is 7.18. The first kappa shape index (κ1) is 14.6. The Hall–Kier alpha value is -1.36. The van der Waals surface area contributed by atoms with E-state index >= 15 is 0 Å². The summed E-state index contributed by atoms with van der Waals surface area (Å²) in [4.78, 5) is 14.5. The van der Waals surface area contributed by atoms with Crippen molar-refractivity contribution in [1.82, 2.24) is 9.97 Å². The first-order valence-corrected chi connectivity index (χ1v) is 8.89. The number of hydrogen-bond acceptors (Lipinski definition) is 5. The van der Waals surface area contributed by atoms with Crippen molar-refractivity contribution in [3.63, 3.8) is 0 Å². The number of nitrogens with one attached hydrogen (secondary N) is 1. The maximum atomic E-state index is 4.83. The molecule has 0 radical (unpaired) electrons. The maximum Gasteiger partial charge on any atom is 0.226 e. The number of hydrogen-bond donors (Lipinski definition) is 1. The molecule has 0 spiro atoms. The van der Waals surface area contributed by atoms with Crippen LogP contribution in [-0.2, 0) is 6.42 Å². The molecule has 0 saturated heterocycles. The van der Waals surface area contributed by atoms with Gasteiger partial charge in [0.15, 0.2) is 0 Å². The summed E-state index contributed by atoms with van der Waals surface area (Å²) in [7, 11) is 0. The molecule has 1 fully saturated rings. The van der Waals surface area contributed by atoms with Crippen LogP contribution in [0.25, 0.3) is 10.2 Å². The van der Waals surface area contributed by atoms with E-state index in [1.54, 1.807) is 11.3 Å². The number of rotatable bonds is 7.